The minimum Gasteiger partial charge on any atom is -0.261 e. The molecule has 1 fully saturated rings. The van der Waals surface area contributed by atoms with Gasteiger partial charge in [0.15, 0.2) is 0 Å². The molecule has 5 nitrogen and oxygen atoms in total. The van der Waals surface area contributed by atoms with Gasteiger partial charge in [0, 0.05) is 37.9 Å². The van der Waals surface area contributed by atoms with Gasteiger partial charge >= 0.3 is 0 Å². The summed E-state index contributed by atoms with van der Waals surface area (Å²) in [5.74, 6) is 0.445. The maximum atomic E-state index is 12.1. The molecule has 19 heavy (non-hydrogen) atoms. The molecule has 1 aromatic rings. The van der Waals surface area contributed by atoms with Crippen molar-refractivity contribution in [3.8, 4) is 0 Å². The Labute approximate surface area is 115 Å². The van der Waals surface area contributed by atoms with Gasteiger partial charge in [-0.05, 0) is 30.9 Å². The molecule has 0 unspecified atom stereocenters. The van der Waals surface area contributed by atoms with Crippen molar-refractivity contribution in [3.63, 3.8) is 0 Å². The molecule has 1 N–H and O–H groups in total. The van der Waals surface area contributed by atoms with Crippen LogP contribution in [-0.4, -0.2) is 37.3 Å². The van der Waals surface area contributed by atoms with Crippen LogP contribution < -0.4 is 4.72 Å². The monoisotopic (exact) mass is 283 g/mol. The number of piperidine rings is 1. The van der Waals surface area contributed by atoms with Crippen LogP contribution in [0.15, 0.2) is 24.4 Å². The van der Waals surface area contributed by atoms with Crippen molar-refractivity contribution in [1.82, 2.24) is 14.0 Å². The van der Waals surface area contributed by atoms with Gasteiger partial charge in [0.2, 0.25) is 0 Å². The molecule has 0 aliphatic carbocycles. The summed E-state index contributed by atoms with van der Waals surface area (Å²) in [4.78, 5) is 4.17. The number of nitrogens with one attached hydrogen (secondary N) is 1. The molecule has 2 heterocycles. The highest BCUT2D eigenvalue weighted by atomic mass is 32.2. The van der Waals surface area contributed by atoms with Gasteiger partial charge in [-0.15, -0.1) is 0 Å². The van der Waals surface area contributed by atoms with E-state index in [0.717, 1.165) is 18.5 Å². The van der Waals surface area contributed by atoms with E-state index >= 15 is 0 Å². The largest absolute Gasteiger partial charge is 0.279 e. The normalized spacial score (nSPS) is 21.4. The van der Waals surface area contributed by atoms with Gasteiger partial charge in [0.05, 0.1) is 0 Å². The van der Waals surface area contributed by atoms with E-state index in [2.05, 4.69) is 16.6 Å². The number of aromatic nitrogens is 1. The second-order valence-electron chi connectivity index (χ2n) is 5.08. The minimum atomic E-state index is -3.33. The highest BCUT2D eigenvalue weighted by Crippen LogP contribution is 2.17. The van der Waals surface area contributed by atoms with Gasteiger partial charge < -0.3 is 0 Å². The molecule has 1 atom stereocenters. The smallest absolute Gasteiger partial charge is 0.261 e. The summed E-state index contributed by atoms with van der Waals surface area (Å²) in [6.45, 7) is 3.74. The minimum absolute atomic E-state index is 0.393. The zero-order valence-corrected chi connectivity index (χ0v) is 12.1. The first kappa shape index (κ1) is 14.4. The molecule has 0 amide bonds. The van der Waals surface area contributed by atoms with Crippen molar-refractivity contribution in [3.05, 3.63) is 30.1 Å². The topological polar surface area (TPSA) is 62.3 Å². The van der Waals surface area contributed by atoms with Gasteiger partial charge in [-0.1, -0.05) is 13.0 Å². The first-order chi connectivity index (χ1) is 9.08. The van der Waals surface area contributed by atoms with Crippen molar-refractivity contribution < 1.29 is 8.42 Å². The first-order valence-corrected chi connectivity index (χ1v) is 8.16. The van der Waals surface area contributed by atoms with E-state index in [4.69, 9.17) is 0 Å². The van der Waals surface area contributed by atoms with Crippen LogP contribution in [-0.2, 0) is 16.6 Å². The lowest BCUT2D eigenvalue weighted by molar-refractivity contribution is 0.278. The zero-order chi connectivity index (χ0) is 13.7. The molecule has 1 aromatic heterocycles. The summed E-state index contributed by atoms with van der Waals surface area (Å²) < 4.78 is 28.4. The van der Waals surface area contributed by atoms with E-state index < -0.39 is 10.2 Å². The third-order valence-corrected chi connectivity index (χ3v) is 4.93. The third kappa shape index (κ3) is 4.26. The average molecular weight is 283 g/mol. The highest BCUT2D eigenvalue weighted by molar-refractivity contribution is 7.87. The Morgan fingerprint density at radius 2 is 2.32 bits per heavy atom. The summed E-state index contributed by atoms with van der Waals surface area (Å²) in [5.41, 5.74) is 0.900. The van der Waals surface area contributed by atoms with Crippen molar-refractivity contribution in [2.45, 2.75) is 26.2 Å². The van der Waals surface area contributed by atoms with Crippen molar-refractivity contribution in [2.24, 2.45) is 5.92 Å². The van der Waals surface area contributed by atoms with Crippen LogP contribution in [0.1, 0.15) is 25.5 Å². The molecule has 2 rings (SSSR count). The Bertz CT molecular complexity index is 490. The summed E-state index contributed by atoms with van der Waals surface area (Å²) in [6.07, 6.45) is 4.39. The van der Waals surface area contributed by atoms with Gasteiger partial charge in [0.25, 0.3) is 10.2 Å². The average Bonchev–Trinajstić information content (AvgIpc) is 2.40. The fourth-order valence-electron chi connectivity index (χ4n) is 2.31. The second-order valence-corrected chi connectivity index (χ2v) is 6.83. The molecular formula is C13H21N3O2S. The number of hydrogen-bond donors (Lipinski definition) is 1. The van der Waals surface area contributed by atoms with E-state index in [9.17, 15) is 8.42 Å². The molecule has 1 saturated heterocycles. The number of rotatable bonds is 5. The second kappa shape index (κ2) is 6.45. The van der Waals surface area contributed by atoms with Crippen LogP contribution in [0.2, 0.25) is 0 Å². The number of hydrogen-bond acceptors (Lipinski definition) is 3. The maximum Gasteiger partial charge on any atom is 0.279 e. The standard InChI is InChI=1S/C13H21N3O2S/c1-12-5-4-10-16(11-12)19(17,18)15-9-7-13-6-2-3-8-14-13/h2-3,6,8,12,15H,4-5,7,9-11H2,1H3/t12-/m1/s1. The zero-order valence-electron chi connectivity index (χ0n) is 11.2. The van der Waals surface area contributed by atoms with Crippen LogP contribution in [0.4, 0.5) is 0 Å². The molecule has 106 valence electrons. The molecule has 0 radical (unpaired) electrons. The Hall–Kier alpha value is -0.980. The predicted octanol–water partition coefficient (Wildman–Crippen LogP) is 1.19. The fraction of sp³-hybridized carbons (Fsp3) is 0.615. The highest BCUT2D eigenvalue weighted by Gasteiger charge is 2.26. The SMILES string of the molecule is C[C@@H]1CCCN(S(=O)(=O)NCCc2ccccn2)C1. The summed E-state index contributed by atoms with van der Waals surface area (Å²) in [5, 5.41) is 0. The van der Waals surface area contributed by atoms with E-state index in [0.29, 0.717) is 32.0 Å². The van der Waals surface area contributed by atoms with E-state index in [1.54, 1.807) is 10.5 Å². The van der Waals surface area contributed by atoms with Crippen LogP contribution >= 0.6 is 0 Å². The van der Waals surface area contributed by atoms with Gasteiger partial charge in [-0.2, -0.15) is 12.7 Å². The molecule has 0 saturated carbocycles. The molecular weight excluding hydrogens is 262 g/mol. The molecule has 0 aromatic carbocycles. The Morgan fingerprint density at radius 3 is 3.00 bits per heavy atom. The third-order valence-electron chi connectivity index (χ3n) is 3.35. The lowest BCUT2D eigenvalue weighted by atomic mass is 10.0. The van der Waals surface area contributed by atoms with E-state index in [1.165, 1.54) is 0 Å². The first-order valence-electron chi connectivity index (χ1n) is 6.72. The van der Waals surface area contributed by atoms with E-state index in [-0.39, 0.29) is 0 Å². The van der Waals surface area contributed by atoms with Gasteiger partial charge in [-0.3, -0.25) is 4.98 Å². The van der Waals surface area contributed by atoms with Gasteiger partial charge in [0.1, 0.15) is 0 Å². The lowest BCUT2D eigenvalue weighted by Crippen LogP contribution is -2.46. The lowest BCUT2D eigenvalue weighted by Gasteiger charge is -2.29. The van der Waals surface area contributed by atoms with Crippen molar-refractivity contribution in [2.75, 3.05) is 19.6 Å². The molecule has 0 bridgehead atoms. The number of pyridine rings is 1. The van der Waals surface area contributed by atoms with E-state index in [1.807, 2.05) is 18.2 Å². The quantitative estimate of drug-likeness (QED) is 0.883. The van der Waals surface area contributed by atoms with Gasteiger partial charge in [-0.25, -0.2) is 4.72 Å². The van der Waals surface area contributed by atoms with Crippen LogP contribution in [0.25, 0.3) is 0 Å². The molecule has 1 aliphatic heterocycles. The molecule has 1 aliphatic rings. The molecule has 0 spiro atoms. The molecule has 6 heteroatoms. The van der Waals surface area contributed by atoms with Crippen molar-refractivity contribution >= 4 is 10.2 Å². The maximum absolute atomic E-state index is 12.1. The van der Waals surface area contributed by atoms with Crippen LogP contribution in [0.5, 0.6) is 0 Å². The number of nitrogens with zero attached hydrogens (tertiary/aromatic N) is 2. The Morgan fingerprint density at radius 1 is 1.47 bits per heavy atom. The van der Waals surface area contributed by atoms with Crippen molar-refractivity contribution in [1.29, 1.82) is 0 Å². The Kier molecular flexibility index (Phi) is 4.90. The predicted molar refractivity (Wildman–Crippen MR) is 74.8 cm³/mol. The summed E-state index contributed by atoms with van der Waals surface area (Å²) >= 11 is 0. The Balaban J connectivity index is 1.84. The van der Waals surface area contributed by atoms with Crippen LogP contribution in [0, 0.1) is 5.92 Å². The summed E-state index contributed by atoms with van der Waals surface area (Å²) in [7, 11) is -3.33. The summed E-state index contributed by atoms with van der Waals surface area (Å²) in [6, 6.07) is 5.66. The fourth-order valence-corrected chi connectivity index (χ4v) is 3.67. The van der Waals surface area contributed by atoms with Crippen LogP contribution in [0.3, 0.4) is 0 Å².